The number of nitrogens with zero attached hydrogens (tertiary/aromatic N) is 1. The number of carbonyl (C=O) groups is 1. The zero-order valence-corrected chi connectivity index (χ0v) is 16.7. The third-order valence-corrected chi connectivity index (χ3v) is 5.92. The summed E-state index contributed by atoms with van der Waals surface area (Å²) in [4.78, 5) is 12.3. The third kappa shape index (κ3) is 5.21. The van der Waals surface area contributed by atoms with E-state index in [0.29, 0.717) is 11.3 Å². The van der Waals surface area contributed by atoms with Gasteiger partial charge in [0, 0.05) is 17.8 Å². The minimum absolute atomic E-state index is 0.00795. The molecule has 0 aliphatic carbocycles. The molecule has 0 atom stereocenters. The quantitative estimate of drug-likeness (QED) is 0.624. The molecule has 0 spiro atoms. The minimum Gasteiger partial charge on any atom is -0.322 e. The molecule has 29 heavy (non-hydrogen) atoms. The number of nitrogens with one attached hydrogen (secondary N) is 2. The second-order valence-electron chi connectivity index (χ2n) is 6.10. The molecule has 3 rings (SSSR count). The molecule has 0 radical (unpaired) electrons. The number of hydrogen-bond donors (Lipinski definition) is 2. The van der Waals surface area contributed by atoms with Crippen molar-refractivity contribution in [2.24, 2.45) is 0 Å². The Balaban J connectivity index is 1.81. The normalized spacial score (nSPS) is 10.9. The van der Waals surface area contributed by atoms with Crippen molar-refractivity contribution in [1.29, 1.82) is 5.26 Å². The van der Waals surface area contributed by atoms with Crippen LogP contribution in [-0.2, 0) is 16.6 Å². The van der Waals surface area contributed by atoms with Crippen molar-refractivity contribution in [3.05, 3.63) is 94.5 Å². The van der Waals surface area contributed by atoms with Gasteiger partial charge < -0.3 is 5.32 Å². The Hall–Kier alpha value is -3.18. The van der Waals surface area contributed by atoms with Crippen LogP contribution in [0.2, 0.25) is 5.02 Å². The molecule has 8 heteroatoms. The Morgan fingerprint density at radius 3 is 2.48 bits per heavy atom. The minimum atomic E-state index is -3.93. The predicted molar refractivity (Wildman–Crippen MR) is 111 cm³/mol. The van der Waals surface area contributed by atoms with E-state index in [0.717, 1.165) is 5.56 Å². The van der Waals surface area contributed by atoms with Crippen LogP contribution >= 0.6 is 11.6 Å². The molecule has 0 aromatic heterocycles. The number of hydrogen-bond acceptors (Lipinski definition) is 4. The summed E-state index contributed by atoms with van der Waals surface area (Å²) in [5.74, 6) is -0.517. The lowest BCUT2D eigenvalue weighted by Gasteiger charge is -2.11. The summed E-state index contributed by atoms with van der Waals surface area (Å²) in [6.45, 7) is 0.0941. The van der Waals surface area contributed by atoms with E-state index in [1.165, 1.54) is 24.3 Å². The summed E-state index contributed by atoms with van der Waals surface area (Å²) in [6, 6.07) is 21.4. The van der Waals surface area contributed by atoms with Crippen LogP contribution in [0.1, 0.15) is 21.5 Å². The first-order valence-electron chi connectivity index (χ1n) is 8.54. The average molecular weight is 426 g/mol. The molecule has 146 valence electrons. The van der Waals surface area contributed by atoms with Crippen molar-refractivity contribution in [3.63, 3.8) is 0 Å². The van der Waals surface area contributed by atoms with Gasteiger partial charge in [-0.3, -0.25) is 4.79 Å². The Kier molecular flexibility index (Phi) is 6.29. The lowest BCUT2D eigenvalue weighted by Crippen LogP contribution is -2.24. The van der Waals surface area contributed by atoms with Gasteiger partial charge in [0.05, 0.1) is 16.7 Å². The lowest BCUT2D eigenvalue weighted by molar-refractivity contribution is 0.102. The van der Waals surface area contributed by atoms with Crippen LogP contribution in [0.5, 0.6) is 0 Å². The first-order valence-corrected chi connectivity index (χ1v) is 10.4. The van der Waals surface area contributed by atoms with E-state index in [1.54, 1.807) is 30.3 Å². The number of halogens is 1. The van der Waals surface area contributed by atoms with Gasteiger partial charge >= 0.3 is 0 Å². The highest BCUT2D eigenvalue weighted by Gasteiger charge is 2.20. The zero-order chi connectivity index (χ0) is 20.9. The molecule has 0 fully saturated rings. The largest absolute Gasteiger partial charge is 0.322 e. The van der Waals surface area contributed by atoms with Crippen LogP contribution in [-0.4, -0.2) is 14.3 Å². The second-order valence-corrected chi connectivity index (χ2v) is 8.24. The van der Waals surface area contributed by atoms with E-state index in [1.807, 2.05) is 24.3 Å². The third-order valence-electron chi connectivity index (χ3n) is 4.04. The molecule has 0 aliphatic rings. The second kappa shape index (κ2) is 8.88. The summed E-state index contributed by atoms with van der Waals surface area (Å²) in [7, 11) is -3.93. The molecule has 0 saturated carbocycles. The van der Waals surface area contributed by atoms with Gasteiger partial charge in [-0.1, -0.05) is 48.0 Å². The molecule has 2 N–H and O–H groups in total. The Labute approximate surface area is 173 Å². The highest BCUT2D eigenvalue weighted by Crippen LogP contribution is 2.23. The molecule has 0 bridgehead atoms. The van der Waals surface area contributed by atoms with Gasteiger partial charge in [0.15, 0.2) is 0 Å². The van der Waals surface area contributed by atoms with Gasteiger partial charge in [-0.2, -0.15) is 5.26 Å². The molecule has 0 saturated heterocycles. The van der Waals surface area contributed by atoms with Gasteiger partial charge in [-0.05, 0) is 42.0 Å². The molecule has 0 aliphatic heterocycles. The smallest absolute Gasteiger partial charge is 0.255 e. The Morgan fingerprint density at radius 1 is 1.00 bits per heavy atom. The monoisotopic (exact) mass is 425 g/mol. The summed E-state index contributed by atoms with van der Waals surface area (Å²) in [5, 5.41) is 11.6. The maximum absolute atomic E-state index is 12.7. The number of nitriles is 1. The van der Waals surface area contributed by atoms with Crippen LogP contribution < -0.4 is 10.0 Å². The van der Waals surface area contributed by atoms with Crippen molar-refractivity contribution < 1.29 is 13.2 Å². The van der Waals surface area contributed by atoms with E-state index in [9.17, 15) is 13.2 Å². The summed E-state index contributed by atoms with van der Waals surface area (Å²) in [5.41, 5.74) is 1.73. The first-order chi connectivity index (χ1) is 13.9. The van der Waals surface area contributed by atoms with Crippen LogP contribution in [0.3, 0.4) is 0 Å². The van der Waals surface area contributed by atoms with Crippen LogP contribution in [0.15, 0.2) is 77.7 Å². The summed E-state index contributed by atoms with van der Waals surface area (Å²) in [6.07, 6.45) is 0. The first kappa shape index (κ1) is 20.6. The molecular weight excluding hydrogens is 410 g/mol. The van der Waals surface area contributed by atoms with Crippen LogP contribution in [0.25, 0.3) is 0 Å². The number of anilines is 1. The summed E-state index contributed by atoms with van der Waals surface area (Å²) >= 11 is 6.08. The van der Waals surface area contributed by atoms with Crippen molar-refractivity contribution in [1.82, 2.24) is 4.72 Å². The van der Waals surface area contributed by atoms with Crippen molar-refractivity contribution in [3.8, 4) is 6.07 Å². The van der Waals surface area contributed by atoms with Crippen LogP contribution in [0.4, 0.5) is 5.69 Å². The summed E-state index contributed by atoms with van der Waals surface area (Å²) < 4.78 is 27.8. The van der Waals surface area contributed by atoms with E-state index < -0.39 is 15.9 Å². The fraction of sp³-hybridized carbons (Fsp3) is 0.0476. The molecule has 3 aromatic rings. The highest BCUT2D eigenvalue weighted by atomic mass is 35.5. The topological polar surface area (TPSA) is 99.1 Å². The molecule has 0 unspecified atom stereocenters. The highest BCUT2D eigenvalue weighted by molar-refractivity contribution is 7.89. The van der Waals surface area contributed by atoms with E-state index in [4.69, 9.17) is 16.9 Å². The van der Waals surface area contributed by atoms with Crippen molar-refractivity contribution in [2.75, 3.05) is 5.32 Å². The van der Waals surface area contributed by atoms with Gasteiger partial charge in [0.1, 0.15) is 4.90 Å². The van der Waals surface area contributed by atoms with Crippen molar-refractivity contribution >= 4 is 33.2 Å². The number of amides is 1. The number of rotatable bonds is 6. The number of sulfonamides is 1. The molecule has 3 aromatic carbocycles. The fourth-order valence-corrected chi connectivity index (χ4v) is 4.11. The maximum Gasteiger partial charge on any atom is 0.255 e. The SMILES string of the molecule is N#Cc1cccc(NC(=O)c2ccc(Cl)c(S(=O)(=O)NCc3ccccc3)c2)c1. The lowest BCUT2D eigenvalue weighted by atomic mass is 10.2. The van der Waals surface area contributed by atoms with Crippen LogP contribution in [0, 0.1) is 11.3 Å². The fourth-order valence-electron chi connectivity index (χ4n) is 2.57. The van der Waals surface area contributed by atoms with Gasteiger partial charge in [0.2, 0.25) is 10.0 Å². The molecular formula is C21H16ClN3O3S. The zero-order valence-electron chi connectivity index (χ0n) is 15.1. The van der Waals surface area contributed by atoms with Crippen molar-refractivity contribution in [2.45, 2.75) is 11.4 Å². The predicted octanol–water partition coefficient (Wildman–Crippen LogP) is 3.94. The number of benzene rings is 3. The molecule has 6 nitrogen and oxygen atoms in total. The Morgan fingerprint density at radius 2 is 1.76 bits per heavy atom. The van der Waals surface area contributed by atoms with Gasteiger partial charge in [-0.25, -0.2) is 13.1 Å². The van der Waals surface area contributed by atoms with E-state index >= 15 is 0 Å². The van der Waals surface area contributed by atoms with E-state index in [2.05, 4.69) is 10.0 Å². The molecule has 0 heterocycles. The molecule has 1 amide bonds. The average Bonchev–Trinajstić information content (AvgIpc) is 2.73. The maximum atomic E-state index is 12.7. The van der Waals surface area contributed by atoms with Gasteiger partial charge in [-0.15, -0.1) is 0 Å². The van der Waals surface area contributed by atoms with Gasteiger partial charge in [0.25, 0.3) is 5.91 Å². The number of carbonyl (C=O) groups excluding carboxylic acids is 1. The Bertz CT molecular complexity index is 1190. The van der Waals surface area contributed by atoms with E-state index in [-0.39, 0.29) is 22.0 Å². The standard InChI is InChI=1S/C21H16ClN3O3S/c22-19-10-9-17(21(26)25-18-8-4-7-16(11-18)13-23)12-20(19)29(27,28)24-14-15-5-2-1-3-6-15/h1-12,24H,14H2,(H,25,26).